The predicted octanol–water partition coefficient (Wildman–Crippen LogP) is 3.15. The van der Waals surface area contributed by atoms with Crippen LogP contribution in [-0.2, 0) is 11.3 Å². The highest BCUT2D eigenvalue weighted by Crippen LogP contribution is 2.36. The lowest BCUT2D eigenvalue weighted by Gasteiger charge is -2.18. The molecular weight excluding hydrogens is 380 g/mol. The van der Waals surface area contributed by atoms with Gasteiger partial charge in [-0.05, 0) is 17.7 Å². The number of nitrogens with zero attached hydrogens (tertiary/aromatic N) is 3. The van der Waals surface area contributed by atoms with E-state index in [0.717, 1.165) is 16.8 Å². The molecular formula is C20H21ClN4O3. The summed E-state index contributed by atoms with van der Waals surface area (Å²) in [6.45, 7) is 0.966. The summed E-state index contributed by atoms with van der Waals surface area (Å²) in [7, 11) is 1.59. The van der Waals surface area contributed by atoms with Gasteiger partial charge in [0.25, 0.3) is 0 Å². The van der Waals surface area contributed by atoms with Crippen molar-refractivity contribution >= 4 is 24.0 Å². The zero-order chi connectivity index (χ0) is 18.8. The lowest BCUT2D eigenvalue weighted by atomic mass is 10.1. The average Bonchev–Trinajstić information content (AvgIpc) is 3.35. The molecule has 3 aromatic rings. The molecule has 0 bridgehead atoms. The van der Waals surface area contributed by atoms with Gasteiger partial charge in [-0.1, -0.05) is 41.6 Å². The van der Waals surface area contributed by atoms with E-state index < -0.39 is 0 Å². The molecule has 0 spiro atoms. The van der Waals surface area contributed by atoms with Crippen LogP contribution in [0.1, 0.15) is 23.8 Å². The Morgan fingerprint density at radius 2 is 1.96 bits per heavy atom. The minimum atomic E-state index is -0.146. The van der Waals surface area contributed by atoms with Gasteiger partial charge in [0.15, 0.2) is 0 Å². The van der Waals surface area contributed by atoms with Crippen molar-refractivity contribution in [1.82, 2.24) is 10.1 Å². The van der Waals surface area contributed by atoms with E-state index in [1.54, 1.807) is 12.0 Å². The largest absolute Gasteiger partial charge is 0.495 e. The van der Waals surface area contributed by atoms with Gasteiger partial charge in [-0.3, -0.25) is 4.79 Å². The van der Waals surface area contributed by atoms with Crippen molar-refractivity contribution in [3.05, 3.63) is 60.0 Å². The Morgan fingerprint density at radius 3 is 2.68 bits per heavy atom. The summed E-state index contributed by atoms with van der Waals surface area (Å²) in [5.74, 6) is 1.51. The van der Waals surface area contributed by atoms with Crippen molar-refractivity contribution in [1.29, 1.82) is 0 Å². The van der Waals surface area contributed by atoms with E-state index in [-0.39, 0.29) is 24.2 Å². The maximum atomic E-state index is 12.5. The molecule has 1 amide bonds. The molecule has 8 heteroatoms. The van der Waals surface area contributed by atoms with Crippen LogP contribution < -0.4 is 15.4 Å². The highest BCUT2D eigenvalue weighted by molar-refractivity contribution is 5.97. The van der Waals surface area contributed by atoms with E-state index in [2.05, 4.69) is 10.1 Å². The first kappa shape index (κ1) is 19.9. The molecule has 1 aliphatic rings. The molecule has 7 nitrogen and oxygen atoms in total. The monoisotopic (exact) mass is 400 g/mol. The average molecular weight is 401 g/mol. The zero-order valence-electron chi connectivity index (χ0n) is 15.4. The Kier molecular flexibility index (Phi) is 5.96. The Balaban J connectivity index is 0.00000225. The van der Waals surface area contributed by atoms with E-state index in [1.807, 2.05) is 48.5 Å². The van der Waals surface area contributed by atoms with Gasteiger partial charge in [0, 0.05) is 25.1 Å². The fraction of sp³-hybridized carbons (Fsp3) is 0.250. The van der Waals surface area contributed by atoms with Crippen LogP contribution >= 0.6 is 12.4 Å². The third-order valence-corrected chi connectivity index (χ3v) is 4.74. The van der Waals surface area contributed by atoms with Crippen LogP contribution in [0.4, 0.5) is 5.69 Å². The normalized spacial score (nSPS) is 16.1. The number of hydrogen-bond donors (Lipinski definition) is 1. The number of hydrogen-bond acceptors (Lipinski definition) is 6. The maximum Gasteiger partial charge on any atom is 0.232 e. The van der Waals surface area contributed by atoms with Crippen molar-refractivity contribution in [2.24, 2.45) is 5.73 Å². The fourth-order valence-electron chi connectivity index (χ4n) is 3.27. The molecule has 28 heavy (non-hydrogen) atoms. The minimum Gasteiger partial charge on any atom is -0.495 e. The van der Waals surface area contributed by atoms with Crippen LogP contribution in [0.5, 0.6) is 5.75 Å². The molecule has 1 aromatic heterocycles. The molecule has 1 aliphatic heterocycles. The molecule has 0 aliphatic carbocycles. The van der Waals surface area contributed by atoms with E-state index in [9.17, 15) is 4.79 Å². The number of halogens is 1. The third kappa shape index (κ3) is 3.72. The smallest absolute Gasteiger partial charge is 0.232 e. The van der Waals surface area contributed by atoms with Crippen molar-refractivity contribution in [2.45, 2.75) is 18.9 Å². The van der Waals surface area contributed by atoms with E-state index in [0.29, 0.717) is 37.0 Å². The summed E-state index contributed by atoms with van der Waals surface area (Å²) in [5, 5.41) is 4.07. The molecule has 0 saturated carbocycles. The number of ether oxygens (including phenoxy) is 1. The van der Waals surface area contributed by atoms with Gasteiger partial charge in [0.1, 0.15) is 5.75 Å². The maximum absolute atomic E-state index is 12.5. The number of carbonyl (C=O) groups is 1. The molecule has 4 rings (SSSR count). The summed E-state index contributed by atoms with van der Waals surface area (Å²) < 4.78 is 10.8. The van der Waals surface area contributed by atoms with E-state index in [4.69, 9.17) is 15.0 Å². The first-order chi connectivity index (χ1) is 13.2. The summed E-state index contributed by atoms with van der Waals surface area (Å²) in [5.41, 5.74) is 8.27. The van der Waals surface area contributed by atoms with Crippen LogP contribution in [-0.4, -0.2) is 29.7 Å². The Hall–Kier alpha value is -2.90. The lowest BCUT2D eigenvalue weighted by molar-refractivity contribution is -0.117. The third-order valence-electron chi connectivity index (χ3n) is 4.74. The number of carbonyl (C=O) groups excluding carboxylic acids is 1. The Labute approximate surface area is 168 Å². The number of amides is 1. The molecule has 1 atom stereocenters. The number of aromatic nitrogens is 2. The molecule has 0 radical (unpaired) electrons. The summed E-state index contributed by atoms with van der Waals surface area (Å²) in [6.07, 6.45) is 0.325. The first-order valence-corrected chi connectivity index (χ1v) is 8.76. The number of benzene rings is 2. The number of nitrogens with two attached hydrogens (primary N) is 1. The SMILES string of the molecule is COc1ccccc1N1CC(c2nc(-c3ccc(CN)cc3)no2)CC1=O.Cl. The second-order valence-corrected chi connectivity index (χ2v) is 6.43. The van der Waals surface area contributed by atoms with Gasteiger partial charge in [-0.2, -0.15) is 4.98 Å². The van der Waals surface area contributed by atoms with Crippen molar-refractivity contribution < 1.29 is 14.1 Å². The van der Waals surface area contributed by atoms with Crippen LogP contribution in [0.25, 0.3) is 11.4 Å². The summed E-state index contributed by atoms with van der Waals surface area (Å²) >= 11 is 0. The van der Waals surface area contributed by atoms with Crippen molar-refractivity contribution in [3.63, 3.8) is 0 Å². The quantitative estimate of drug-likeness (QED) is 0.707. The van der Waals surface area contributed by atoms with Crippen LogP contribution in [0, 0.1) is 0 Å². The Bertz CT molecular complexity index is 958. The minimum absolute atomic E-state index is 0. The van der Waals surface area contributed by atoms with Crippen LogP contribution in [0.2, 0.25) is 0 Å². The first-order valence-electron chi connectivity index (χ1n) is 8.76. The van der Waals surface area contributed by atoms with Crippen LogP contribution in [0.3, 0.4) is 0 Å². The standard InChI is InChI=1S/C20H20N4O3.ClH/c1-26-17-5-3-2-4-16(17)24-12-15(10-18(24)25)20-22-19(23-27-20)14-8-6-13(11-21)7-9-14;/h2-9,15H,10-12,21H2,1H3;1H. The van der Waals surface area contributed by atoms with Crippen LogP contribution in [0.15, 0.2) is 53.1 Å². The second-order valence-electron chi connectivity index (χ2n) is 6.43. The fourth-order valence-corrected chi connectivity index (χ4v) is 3.27. The van der Waals surface area contributed by atoms with Gasteiger partial charge < -0.3 is 19.9 Å². The lowest BCUT2D eigenvalue weighted by Crippen LogP contribution is -2.24. The topological polar surface area (TPSA) is 94.5 Å². The van der Waals surface area contributed by atoms with Gasteiger partial charge in [0.2, 0.25) is 17.6 Å². The number of anilines is 1. The van der Waals surface area contributed by atoms with Crippen molar-refractivity contribution in [2.75, 3.05) is 18.6 Å². The van der Waals surface area contributed by atoms with Gasteiger partial charge in [0.05, 0.1) is 18.7 Å². The van der Waals surface area contributed by atoms with E-state index >= 15 is 0 Å². The molecule has 1 unspecified atom stereocenters. The Morgan fingerprint density at radius 1 is 1.21 bits per heavy atom. The van der Waals surface area contributed by atoms with E-state index in [1.165, 1.54) is 0 Å². The molecule has 1 saturated heterocycles. The predicted molar refractivity (Wildman–Crippen MR) is 108 cm³/mol. The second kappa shape index (κ2) is 8.41. The molecule has 2 aromatic carbocycles. The number of rotatable bonds is 5. The van der Waals surface area contributed by atoms with Crippen molar-refractivity contribution in [3.8, 4) is 17.1 Å². The molecule has 146 valence electrons. The summed E-state index contributed by atoms with van der Waals surface area (Å²) in [6, 6.07) is 15.2. The molecule has 2 heterocycles. The van der Waals surface area contributed by atoms with Gasteiger partial charge in [-0.15, -0.1) is 12.4 Å². The summed E-state index contributed by atoms with van der Waals surface area (Å²) in [4.78, 5) is 18.8. The van der Waals surface area contributed by atoms with Gasteiger partial charge in [-0.25, -0.2) is 0 Å². The zero-order valence-corrected chi connectivity index (χ0v) is 16.2. The highest BCUT2D eigenvalue weighted by atomic mass is 35.5. The number of para-hydroxylation sites is 2. The molecule has 1 fully saturated rings. The van der Waals surface area contributed by atoms with Gasteiger partial charge >= 0.3 is 0 Å². The molecule has 2 N–H and O–H groups in total. The highest BCUT2D eigenvalue weighted by Gasteiger charge is 2.36. The number of methoxy groups -OCH3 is 1.